The normalized spacial score (nSPS) is 21.7. The van der Waals surface area contributed by atoms with Gasteiger partial charge >= 0.3 is 0 Å². The minimum absolute atomic E-state index is 0.137. The Morgan fingerprint density at radius 2 is 2.00 bits per heavy atom. The van der Waals surface area contributed by atoms with Gasteiger partial charge in [0, 0.05) is 36.9 Å². The highest BCUT2D eigenvalue weighted by molar-refractivity contribution is 5.95. The predicted octanol–water partition coefficient (Wildman–Crippen LogP) is 1.62. The second kappa shape index (κ2) is 5.24. The number of aromatic amines is 1. The van der Waals surface area contributed by atoms with E-state index in [2.05, 4.69) is 15.1 Å². The number of rotatable bonds is 2. The predicted molar refractivity (Wildman–Crippen MR) is 91.3 cm³/mol. The van der Waals surface area contributed by atoms with E-state index in [0.29, 0.717) is 30.3 Å². The number of nitrogens with zero attached hydrogens (tertiary/aromatic N) is 4. The van der Waals surface area contributed by atoms with Crippen molar-refractivity contribution in [1.29, 1.82) is 0 Å². The molecule has 7 nitrogen and oxygen atoms in total. The van der Waals surface area contributed by atoms with Crippen LogP contribution in [0.2, 0.25) is 0 Å². The van der Waals surface area contributed by atoms with Crippen molar-refractivity contribution in [2.45, 2.75) is 45.0 Å². The lowest BCUT2D eigenvalue weighted by Gasteiger charge is -2.58. The maximum Gasteiger partial charge on any atom is 0.257 e. The fraction of sp³-hybridized carbons (Fsp3) is 0.556. The zero-order chi connectivity index (χ0) is 19.0. The smallest absolute Gasteiger partial charge is 0.257 e. The van der Waals surface area contributed by atoms with Gasteiger partial charge in [0.25, 0.3) is 11.5 Å². The monoisotopic (exact) mass is 375 g/mol. The molecule has 5 rings (SSSR count). The van der Waals surface area contributed by atoms with Gasteiger partial charge in [-0.1, -0.05) is 0 Å². The number of carbonyl (C=O) groups excluding carboxylic acids is 1. The summed E-state index contributed by atoms with van der Waals surface area (Å²) in [6, 6.07) is 0. The summed E-state index contributed by atoms with van der Waals surface area (Å²) < 4.78 is 27.7. The number of alkyl halides is 2. The lowest BCUT2D eigenvalue weighted by atomic mass is 9.61. The van der Waals surface area contributed by atoms with Crippen molar-refractivity contribution < 1.29 is 13.6 Å². The maximum absolute atomic E-state index is 13.1. The summed E-state index contributed by atoms with van der Waals surface area (Å²) in [7, 11) is 0. The summed E-state index contributed by atoms with van der Waals surface area (Å²) in [6.45, 7) is 2.46. The van der Waals surface area contributed by atoms with Crippen LogP contribution in [0, 0.1) is 12.3 Å². The van der Waals surface area contributed by atoms with Gasteiger partial charge in [-0.3, -0.25) is 14.6 Å². The van der Waals surface area contributed by atoms with Crippen LogP contribution in [0.1, 0.15) is 46.6 Å². The number of hydrogen-bond donors (Lipinski definition) is 1. The molecule has 1 amide bonds. The molecular formula is C18H19F2N5O2. The average molecular weight is 375 g/mol. The lowest BCUT2D eigenvalue weighted by Crippen LogP contribution is -2.66. The second-order valence-corrected chi connectivity index (χ2v) is 8.09. The standard InChI is InChI=1S/C18H19F2N5O2/c1-10-12(15(27)24-8-17(9-24)6-18(19,20)7-17)5-21-25(10)16-22-13-4-2-3-11(13)14(26)23-16/h5H,2-4,6-9H2,1H3,(H,22,23,26). The molecule has 0 radical (unpaired) electrons. The second-order valence-electron chi connectivity index (χ2n) is 8.09. The Bertz CT molecular complexity index is 1010. The Labute approximate surface area is 153 Å². The molecule has 3 heterocycles. The molecule has 3 aliphatic rings. The van der Waals surface area contributed by atoms with E-state index in [1.165, 1.54) is 10.9 Å². The summed E-state index contributed by atoms with van der Waals surface area (Å²) in [5.74, 6) is -2.50. The average Bonchev–Trinajstić information content (AvgIpc) is 3.16. The number of H-pyrrole nitrogens is 1. The maximum atomic E-state index is 13.1. The number of likely N-dealkylation sites (tertiary alicyclic amines) is 1. The molecule has 1 saturated heterocycles. The fourth-order valence-electron chi connectivity index (χ4n) is 4.71. The van der Waals surface area contributed by atoms with Crippen LogP contribution in [0.4, 0.5) is 8.78 Å². The highest BCUT2D eigenvalue weighted by atomic mass is 19.3. The molecule has 2 aromatic rings. The van der Waals surface area contributed by atoms with E-state index in [-0.39, 0.29) is 24.3 Å². The van der Waals surface area contributed by atoms with E-state index in [9.17, 15) is 18.4 Å². The summed E-state index contributed by atoms with van der Waals surface area (Å²) in [5.41, 5.74) is 1.91. The molecule has 1 spiro atoms. The Hall–Kier alpha value is -2.58. The van der Waals surface area contributed by atoms with Crippen LogP contribution in [0.25, 0.3) is 5.95 Å². The fourth-order valence-corrected chi connectivity index (χ4v) is 4.71. The third-order valence-electron chi connectivity index (χ3n) is 5.98. The lowest BCUT2D eigenvalue weighted by molar-refractivity contribution is -0.203. The van der Waals surface area contributed by atoms with Gasteiger partial charge in [-0.25, -0.2) is 18.4 Å². The first kappa shape index (κ1) is 16.6. The van der Waals surface area contributed by atoms with Crippen molar-refractivity contribution in [3.8, 4) is 5.95 Å². The minimum Gasteiger partial charge on any atom is -0.337 e. The van der Waals surface area contributed by atoms with E-state index in [4.69, 9.17) is 0 Å². The number of fused-ring (bicyclic) bond motifs is 1. The van der Waals surface area contributed by atoms with Gasteiger partial charge < -0.3 is 4.90 Å². The molecule has 0 unspecified atom stereocenters. The van der Waals surface area contributed by atoms with Gasteiger partial charge in [-0.05, 0) is 26.2 Å². The Kier molecular flexibility index (Phi) is 3.22. The molecular weight excluding hydrogens is 356 g/mol. The van der Waals surface area contributed by atoms with Crippen LogP contribution in [0.5, 0.6) is 0 Å². The van der Waals surface area contributed by atoms with Gasteiger partial charge in [0.1, 0.15) is 0 Å². The van der Waals surface area contributed by atoms with Crippen molar-refractivity contribution in [3.63, 3.8) is 0 Å². The third kappa shape index (κ3) is 2.44. The zero-order valence-corrected chi connectivity index (χ0v) is 14.9. The molecule has 2 aromatic heterocycles. The molecule has 1 N–H and O–H groups in total. The van der Waals surface area contributed by atoms with Gasteiger partial charge in [0.05, 0.1) is 23.1 Å². The first-order valence-electron chi connectivity index (χ1n) is 9.11. The van der Waals surface area contributed by atoms with Gasteiger partial charge in [0.2, 0.25) is 11.9 Å². The Morgan fingerprint density at radius 3 is 2.70 bits per heavy atom. The van der Waals surface area contributed by atoms with Crippen LogP contribution in [-0.4, -0.2) is 49.6 Å². The van der Waals surface area contributed by atoms with Crippen molar-refractivity contribution in [2.24, 2.45) is 5.41 Å². The van der Waals surface area contributed by atoms with Crippen molar-refractivity contribution in [1.82, 2.24) is 24.6 Å². The number of hydrogen-bond acceptors (Lipinski definition) is 4. The van der Waals surface area contributed by atoms with E-state index in [0.717, 1.165) is 30.5 Å². The number of aryl methyl sites for hydroxylation is 1. The number of amides is 1. The molecule has 0 aromatic carbocycles. The van der Waals surface area contributed by atoms with Gasteiger partial charge in [0.15, 0.2) is 0 Å². The van der Waals surface area contributed by atoms with E-state index in [1.54, 1.807) is 11.8 Å². The van der Waals surface area contributed by atoms with E-state index >= 15 is 0 Å². The highest BCUT2D eigenvalue weighted by Crippen LogP contribution is 2.56. The zero-order valence-electron chi connectivity index (χ0n) is 14.9. The molecule has 2 fully saturated rings. The van der Waals surface area contributed by atoms with Gasteiger partial charge in [-0.2, -0.15) is 5.10 Å². The summed E-state index contributed by atoms with van der Waals surface area (Å²) in [5, 5.41) is 4.22. The van der Waals surface area contributed by atoms with Crippen molar-refractivity contribution in [3.05, 3.63) is 39.1 Å². The molecule has 9 heteroatoms. The van der Waals surface area contributed by atoms with Crippen LogP contribution < -0.4 is 5.56 Å². The first-order valence-corrected chi connectivity index (χ1v) is 9.11. The first-order chi connectivity index (χ1) is 12.8. The molecule has 1 saturated carbocycles. The van der Waals surface area contributed by atoms with E-state index < -0.39 is 11.3 Å². The van der Waals surface area contributed by atoms with Gasteiger partial charge in [-0.15, -0.1) is 0 Å². The molecule has 0 atom stereocenters. The van der Waals surface area contributed by atoms with E-state index in [1.807, 2.05) is 0 Å². The van der Waals surface area contributed by atoms with Crippen LogP contribution in [0.3, 0.4) is 0 Å². The number of halogens is 2. The SMILES string of the molecule is Cc1c(C(=O)N2CC3(C2)CC(F)(F)C3)cnn1-c1nc2c(c(=O)[nH]1)CCC2. The Morgan fingerprint density at radius 1 is 1.26 bits per heavy atom. The molecule has 1 aliphatic heterocycles. The van der Waals surface area contributed by atoms with Crippen LogP contribution in [-0.2, 0) is 12.8 Å². The van der Waals surface area contributed by atoms with Crippen LogP contribution in [0.15, 0.2) is 11.0 Å². The summed E-state index contributed by atoms with van der Waals surface area (Å²) >= 11 is 0. The summed E-state index contributed by atoms with van der Waals surface area (Å²) in [4.78, 5) is 33.8. The molecule has 142 valence electrons. The quantitative estimate of drug-likeness (QED) is 0.865. The molecule has 2 aliphatic carbocycles. The third-order valence-corrected chi connectivity index (χ3v) is 5.98. The molecule has 0 bridgehead atoms. The summed E-state index contributed by atoms with van der Waals surface area (Å²) in [6.07, 6.45) is 3.58. The minimum atomic E-state index is -2.58. The number of nitrogens with one attached hydrogen (secondary N) is 1. The van der Waals surface area contributed by atoms with Crippen LogP contribution >= 0.6 is 0 Å². The molecule has 27 heavy (non-hydrogen) atoms. The largest absolute Gasteiger partial charge is 0.337 e. The number of aromatic nitrogens is 4. The van der Waals surface area contributed by atoms with Crippen molar-refractivity contribution in [2.75, 3.05) is 13.1 Å². The number of carbonyl (C=O) groups is 1. The topological polar surface area (TPSA) is 83.9 Å². The highest BCUT2D eigenvalue weighted by Gasteiger charge is 2.62. The Balaban J connectivity index is 1.38. The van der Waals surface area contributed by atoms with Crippen molar-refractivity contribution >= 4 is 5.91 Å².